The van der Waals surface area contributed by atoms with Gasteiger partial charge in [0.05, 0.1) is 23.6 Å². The molecule has 0 aliphatic rings. The second-order valence-electron chi connectivity index (χ2n) is 6.76. The minimum absolute atomic E-state index is 0.0553. The first-order chi connectivity index (χ1) is 13.1. The maximum atomic E-state index is 12.0. The number of hydrogen-bond donors (Lipinski definition) is 1. The molecular weight excluding hydrogens is 338 g/mol. The highest BCUT2D eigenvalue weighted by atomic mass is 16.5. The minimum atomic E-state index is -0.157. The molecule has 3 aromatic rings. The van der Waals surface area contributed by atoms with Crippen molar-refractivity contribution in [2.24, 2.45) is 0 Å². The maximum Gasteiger partial charge on any atom is 0.220 e. The monoisotopic (exact) mass is 365 g/mol. The summed E-state index contributed by atoms with van der Waals surface area (Å²) < 4.78 is 8.12. The van der Waals surface area contributed by atoms with E-state index in [0.717, 1.165) is 34.6 Å². The molecule has 1 amide bonds. The van der Waals surface area contributed by atoms with Gasteiger partial charge in [0.15, 0.2) is 0 Å². The molecule has 1 atom stereocenters. The zero-order valence-corrected chi connectivity index (χ0v) is 16.2. The van der Waals surface area contributed by atoms with Crippen molar-refractivity contribution in [3.05, 3.63) is 59.9 Å². The van der Waals surface area contributed by atoms with Crippen molar-refractivity contribution in [3.63, 3.8) is 0 Å². The molecule has 0 saturated carbocycles. The molecule has 0 fully saturated rings. The van der Waals surface area contributed by atoms with Gasteiger partial charge in [0.1, 0.15) is 18.2 Å². The van der Waals surface area contributed by atoms with Gasteiger partial charge in [-0.25, -0.2) is 4.98 Å². The summed E-state index contributed by atoms with van der Waals surface area (Å²) in [6.07, 6.45) is 1.36. The number of para-hydroxylation sites is 3. The van der Waals surface area contributed by atoms with E-state index < -0.39 is 0 Å². The van der Waals surface area contributed by atoms with Crippen molar-refractivity contribution >= 4 is 16.9 Å². The molecule has 1 N–H and O–H groups in total. The lowest BCUT2D eigenvalue weighted by atomic mass is 10.2. The van der Waals surface area contributed by atoms with E-state index in [-0.39, 0.29) is 11.9 Å². The van der Waals surface area contributed by atoms with Crippen LogP contribution in [0.1, 0.15) is 44.1 Å². The Labute approximate surface area is 160 Å². The van der Waals surface area contributed by atoms with Crippen LogP contribution in [0, 0.1) is 6.92 Å². The van der Waals surface area contributed by atoms with Gasteiger partial charge in [0.2, 0.25) is 5.91 Å². The van der Waals surface area contributed by atoms with Gasteiger partial charge >= 0.3 is 0 Å². The fraction of sp³-hybridized carbons (Fsp3) is 0.364. The summed E-state index contributed by atoms with van der Waals surface area (Å²) in [4.78, 5) is 16.8. The van der Waals surface area contributed by atoms with Crippen LogP contribution in [-0.2, 0) is 11.3 Å². The molecular formula is C22H27N3O2. The summed E-state index contributed by atoms with van der Waals surface area (Å²) in [5, 5.41) is 3.05. The molecule has 0 radical (unpaired) electrons. The quantitative estimate of drug-likeness (QED) is 0.644. The van der Waals surface area contributed by atoms with E-state index in [1.54, 1.807) is 0 Å². The number of imidazole rings is 1. The van der Waals surface area contributed by atoms with Crippen molar-refractivity contribution in [3.8, 4) is 5.75 Å². The van der Waals surface area contributed by atoms with Crippen molar-refractivity contribution in [2.45, 2.75) is 46.2 Å². The predicted molar refractivity (Wildman–Crippen MR) is 108 cm³/mol. The summed E-state index contributed by atoms with van der Waals surface area (Å²) in [5.74, 6) is 1.81. The Morgan fingerprint density at radius 3 is 2.70 bits per heavy atom. The normalized spacial score (nSPS) is 12.1. The van der Waals surface area contributed by atoms with E-state index in [2.05, 4.69) is 16.0 Å². The van der Waals surface area contributed by atoms with Gasteiger partial charge in [-0.1, -0.05) is 37.3 Å². The Kier molecular flexibility index (Phi) is 6.12. The Balaban J connectivity index is 1.80. The first-order valence-corrected chi connectivity index (χ1v) is 9.53. The molecule has 0 aliphatic carbocycles. The molecule has 142 valence electrons. The second kappa shape index (κ2) is 8.71. The number of fused-ring (bicyclic) bond motifs is 1. The zero-order valence-electron chi connectivity index (χ0n) is 16.2. The number of aromatic nitrogens is 2. The van der Waals surface area contributed by atoms with Crippen molar-refractivity contribution in [1.29, 1.82) is 0 Å². The predicted octanol–water partition coefficient (Wildman–Crippen LogP) is 4.40. The average molecular weight is 365 g/mol. The van der Waals surface area contributed by atoms with E-state index in [4.69, 9.17) is 9.72 Å². The third kappa shape index (κ3) is 4.48. The number of rotatable bonds is 8. The maximum absolute atomic E-state index is 12.0. The van der Waals surface area contributed by atoms with Crippen LogP contribution in [0.25, 0.3) is 11.0 Å². The number of aryl methyl sites for hydroxylation is 1. The summed E-state index contributed by atoms with van der Waals surface area (Å²) in [7, 11) is 0. The lowest BCUT2D eigenvalue weighted by Crippen LogP contribution is -2.28. The van der Waals surface area contributed by atoms with Crippen LogP contribution in [0.4, 0.5) is 0 Å². The van der Waals surface area contributed by atoms with Gasteiger partial charge in [-0.2, -0.15) is 0 Å². The number of hydrogen-bond acceptors (Lipinski definition) is 3. The Bertz CT molecular complexity index is 917. The van der Waals surface area contributed by atoms with Crippen LogP contribution in [0.5, 0.6) is 5.75 Å². The molecule has 5 nitrogen and oxygen atoms in total. The lowest BCUT2D eigenvalue weighted by molar-refractivity contribution is -0.121. The van der Waals surface area contributed by atoms with Crippen LogP contribution in [0.3, 0.4) is 0 Å². The van der Waals surface area contributed by atoms with Crippen LogP contribution in [-0.4, -0.2) is 22.1 Å². The number of carbonyl (C=O) groups excluding carboxylic acids is 1. The fourth-order valence-electron chi connectivity index (χ4n) is 3.23. The highest BCUT2D eigenvalue weighted by molar-refractivity contribution is 5.78. The molecule has 0 bridgehead atoms. The number of amides is 1. The number of nitrogens with zero attached hydrogens (tertiary/aromatic N) is 2. The van der Waals surface area contributed by atoms with Crippen molar-refractivity contribution in [1.82, 2.24) is 14.9 Å². The van der Waals surface area contributed by atoms with Crippen LogP contribution >= 0.6 is 0 Å². The van der Waals surface area contributed by atoms with Gasteiger partial charge < -0.3 is 14.6 Å². The lowest BCUT2D eigenvalue weighted by Gasteiger charge is -2.17. The largest absolute Gasteiger partial charge is 0.491 e. The third-order valence-electron chi connectivity index (χ3n) is 4.59. The van der Waals surface area contributed by atoms with Crippen molar-refractivity contribution < 1.29 is 9.53 Å². The summed E-state index contributed by atoms with van der Waals surface area (Å²) >= 11 is 0. The SMILES string of the molecule is CCCC(=O)NC(C)c1nc2ccccc2n1CCOc1ccccc1C. The van der Waals surface area contributed by atoms with E-state index >= 15 is 0 Å². The van der Waals surface area contributed by atoms with E-state index in [1.807, 2.05) is 63.2 Å². The molecule has 2 aromatic carbocycles. The number of carbonyl (C=O) groups is 1. The van der Waals surface area contributed by atoms with Crippen molar-refractivity contribution in [2.75, 3.05) is 6.61 Å². The van der Waals surface area contributed by atoms with Gasteiger partial charge in [-0.05, 0) is 44.0 Å². The van der Waals surface area contributed by atoms with E-state index in [9.17, 15) is 4.79 Å². The number of benzene rings is 2. The van der Waals surface area contributed by atoms with Crippen LogP contribution < -0.4 is 10.1 Å². The minimum Gasteiger partial charge on any atom is -0.491 e. The average Bonchev–Trinajstić information content (AvgIpc) is 3.02. The molecule has 0 saturated heterocycles. The van der Waals surface area contributed by atoms with Crippen LogP contribution in [0.2, 0.25) is 0 Å². The molecule has 5 heteroatoms. The van der Waals surface area contributed by atoms with Gasteiger partial charge in [0.25, 0.3) is 0 Å². The zero-order chi connectivity index (χ0) is 19.2. The molecule has 27 heavy (non-hydrogen) atoms. The molecule has 1 unspecified atom stereocenters. The Morgan fingerprint density at radius 1 is 1.19 bits per heavy atom. The summed E-state index contributed by atoms with van der Waals surface area (Å²) in [5.41, 5.74) is 3.10. The summed E-state index contributed by atoms with van der Waals surface area (Å²) in [6.45, 7) is 7.22. The number of nitrogens with one attached hydrogen (secondary N) is 1. The summed E-state index contributed by atoms with van der Waals surface area (Å²) in [6, 6.07) is 15.9. The van der Waals surface area contributed by atoms with E-state index in [1.165, 1.54) is 0 Å². The Hall–Kier alpha value is -2.82. The topological polar surface area (TPSA) is 56.2 Å². The van der Waals surface area contributed by atoms with Gasteiger partial charge in [-0.15, -0.1) is 0 Å². The number of ether oxygens (including phenoxy) is 1. The highest BCUT2D eigenvalue weighted by Crippen LogP contribution is 2.22. The van der Waals surface area contributed by atoms with Crippen LogP contribution in [0.15, 0.2) is 48.5 Å². The first-order valence-electron chi connectivity index (χ1n) is 9.53. The smallest absolute Gasteiger partial charge is 0.220 e. The Morgan fingerprint density at radius 2 is 1.93 bits per heavy atom. The molecule has 0 spiro atoms. The fourth-order valence-corrected chi connectivity index (χ4v) is 3.23. The molecule has 3 rings (SSSR count). The van der Waals surface area contributed by atoms with Gasteiger partial charge in [0, 0.05) is 6.42 Å². The second-order valence-corrected chi connectivity index (χ2v) is 6.76. The molecule has 0 aliphatic heterocycles. The first kappa shape index (κ1) is 19.0. The molecule has 1 heterocycles. The highest BCUT2D eigenvalue weighted by Gasteiger charge is 2.18. The molecule has 1 aromatic heterocycles. The van der Waals surface area contributed by atoms with E-state index in [0.29, 0.717) is 19.6 Å². The van der Waals surface area contributed by atoms with Gasteiger partial charge in [-0.3, -0.25) is 4.79 Å². The third-order valence-corrected chi connectivity index (χ3v) is 4.59. The standard InChI is InChI=1S/C22H27N3O2/c1-4-9-21(26)23-17(3)22-24-18-11-6-7-12-19(18)25(22)14-15-27-20-13-8-5-10-16(20)2/h5-8,10-13,17H,4,9,14-15H2,1-3H3,(H,23,26).